The van der Waals surface area contributed by atoms with Gasteiger partial charge in [0, 0.05) is 5.56 Å². The number of hydrogen-bond donors (Lipinski definition) is 1. The highest BCUT2D eigenvalue weighted by Crippen LogP contribution is 2.36. The zero-order valence-corrected chi connectivity index (χ0v) is 14.2. The van der Waals surface area contributed by atoms with Gasteiger partial charge in [0.1, 0.15) is 5.75 Å². The molecule has 2 aromatic rings. The van der Waals surface area contributed by atoms with E-state index in [9.17, 15) is 0 Å². The van der Waals surface area contributed by atoms with E-state index < -0.39 is 0 Å². The van der Waals surface area contributed by atoms with Crippen LogP contribution < -0.4 is 10.1 Å². The first-order valence-corrected chi connectivity index (χ1v) is 8.03. The number of aromatic nitrogens is 2. The summed E-state index contributed by atoms with van der Waals surface area (Å²) in [6.45, 7) is 9.33. The Labute approximate surface area is 130 Å². The predicted octanol–water partition coefficient (Wildman–Crippen LogP) is 3.56. The fourth-order valence-electron chi connectivity index (χ4n) is 2.44. The van der Waals surface area contributed by atoms with Crippen molar-refractivity contribution in [1.29, 1.82) is 0 Å². The first-order chi connectivity index (χ1) is 10.1. The van der Waals surface area contributed by atoms with Gasteiger partial charge < -0.3 is 10.1 Å². The van der Waals surface area contributed by atoms with E-state index in [0.29, 0.717) is 0 Å². The van der Waals surface area contributed by atoms with Crippen LogP contribution in [0.25, 0.3) is 0 Å². The SMILES string of the molecule is CCCNC(c1ccc(C)c(C)c1OC)c1snnc1C. The molecule has 0 aliphatic carbocycles. The summed E-state index contributed by atoms with van der Waals surface area (Å²) >= 11 is 1.45. The van der Waals surface area contributed by atoms with Gasteiger partial charge in [-0.15, -0.1) is 5.10 Å². The van der Waals surface area contributed by atoms with Crippen LogP contribution >= 0.6 is 11.5 Å². The van der Waals surface area contributed by atoms with Crippen LogP contribution in [0, 0.1) is 20.8 Å². The highest BCUT2D eigenvalue weighted by atomic mass is 32.1. The minimum atomic E-state index is 0.0826. The Morgan fingerprint density at radius 1 is 1.29 bits per heavy atom. The summed E-state index contributed by atoms with van der Waals surface area (Å²) < 4.78 is 9.76. The lowest BCUT2D eigenvalue weighted by atomic mass is 9.97. The topological polar surface area (TPSA) is 47.0 Å². The summed E-state index contributed by atoms with van der Waals surface area (Å²) in [6, 6.07) is 4.38. The van der Waals surface area contributed by atoms with Crippen molar-refractivity contribution in [2.24, 2.45) is 0 Å². The van der Waals surface area contributed by atoms with Gasteiger partial charge in [-0.3, -0.25) is 0 Å². The molecule has 4 nitrogen and oxygen atoms in total. The summed E-state index contributed by atoms with van der Waals surface area (Å²) in [5.74, 6) is 0.955. The van der Waals surface area contributed by atoms with Crippen molar-refractivity contribution < 1.29 is 4.74 Å². The summed E-state index contributed by atoms with van der Waals surface area (Å²) in [6.07, 6.45) is 1.08. The van der Waals surface area contributed by atoms with E-state index in [4.69, 9.17) is 4.74 Å². The molecule has 0 amide bonds. The van der Waals surface area contributed by atoms with Crippen LogP contribution in [0.2, 0.25) is 0 Å². The zero-order valence-electron chi connectivity index (χ0n) is 13.4. The Morgan fingerprint density at radius 2 is 2.05 bits per heavy atom. The van der Waals surface area contributed by atoms with E-state index in [1.165, 1.54) is 22.7 Å². The van der Waals surface area contributed by atoms with Crippen LogP contribution in [0.4, 0.5) is 0 Å². The van der Waals surface area contributed by atoms with Crippen molar-refractivity contribution in [3.8, 4) is 5.75 Å². The predicted molar refractivity (Wildman–Crippen MR) is 87.3 cm³/mol. The van der Waals surface area contributed by atoms with Gasteiger partial charge in [0.05, 0.1) is 23.7 Å². The lowest BCUT2D eigenvalue weighted by Crippen LogP contribution is -2.24. The third-order valence-electron chi connectivity index (χ3n) is 3.77. The van der Waals surface area contributed by atoms with Gasteiger partial charge >= 0.3 is 0 Å². The zero-order chi connectivity index (χ0) is 15.4. The fourth-order valence-corrected chi connectivity index (χ4v) is 3.18. The molecule has 114 valence electrons. The van der Waals surface area contributed by atoms with E-state index in [1.54, 1.807) is 7.11 Å². The van der Waals surface area contributed by atoms with Crippen LogP contribution in [0.3, 0.4) is 0 Å². The maximum atomic E-state index is 5.68. The third-order valence-corrected chi connectivity index (χ3v) is 4.66. The Bertz CT molecular complexity index is 610. The molecule has 0 fully saturated rings. The van der Waals surface area contributed by atoms with Crippen LogP contribution in [0.5, 0.6) is 5.75 Å². The van der Waals surface area contributed by atoms with E-state index in [2.05, 4.69) is 47.8 Å². The molecule has 1 aromatic carbocycles. The Balaban J connectivity index is 2.51. The summed E-state index contributed by atoms with van der Waals surface area (Å²) in [5, 5.41) is 7.76. The first-order valence-electron chi connectivity index (χ1n) is 7.26. The van der Waals surface area contributed by atoms with Gasteiger partial charge in [-0.05, 0) is 56.4 Å². The molecule has 5 heteroatoms. The lowest BCUT2D eigenvalue weighted by Gasteiger charge is -2.22. The molecule has 1 atom stereocenters. The summed E-state index contributed by atoms with van der Waals surface area (Å²) in [7, 11) is 1.74. The second kappa shape index (κ2) is 7.00. The van der Waals surface area contributed by atoms with Crippen molar-refractivity contribution in [1.82, 2.24) is 14.9 Å². The van der Waals surface area contributed by atoms with E-state index in [0.717, 1.165) is 34.8 Å². The minimum Gasteiger partial charge on any atom is -0.496 e. The first kappa shape index (κ1) is 15.9. The normalized spacial score (nSPS) is 12.4. The number of rotatable bonds is 6. The second-order valence-corrected chi connectivity index (χ2v) is 6.03. The van der Waals surface area contributed by atoms with E-state index in [-0.39, 0.29) is 6.04 Å². The van der Waals surface area contributed by atoms with Gasteiger partial charge in [0.15, 0.2) is 0 Å². The van der Waals surface area contributed by atoms with Crippen LogP contribution in [-0.4, -0.2) is 23.2 Å². The number of hydrogen-bond acceptors (Lipinski definition) is 5. The second-order valence-electron chi connectivity index (χ2n) is 5.24. The highest BCUT2D eigenvalue weighted by Gasteiger charge is 2.23. The molecule has 1 N–H and O–H groups in total. The molecule has 0 spiro atoms. The number of nitrogens with zero attached hydrogens (tertiary/aromatic N) is 2. The quantitative estimate of drug-likeness (QED) is 0.886. The summed E-state index contributed by atoms with van der Waals surface area (Å²) in [5.41, 5.74) is 4.56. The Morgan fingerprint density at radius 3 is 2.62 bits per heavy atom. The largest absolute Gasteiger partial charge is 0.496 e. The highest BCUT2D eigenvalue weighted by molar-refractivity contribution is 7.05. The van der Waals surface area contributed by atoms with Crippen molar-refractivity contribution in [3.05, 3.63) is 39.4 Å². The molecular weight excluding hydrogens is 282 g/mol. The average Bonchev–Trinajstić information content (AvgIpc) is 2.89. The standard InChI is InChI=1S/C16H23N3OS/c1-6-9-17-14(16-12(4)18-19-21-16)13-8-7-10(2)11(3)15(13)20-5/h7-8,14,17H,6,9H2,1-5H3. The number of aryl methyl sites for hydroxylation is 2. The number of methoxy groups -OCH3 is 1. The molecule has 0 saturated carbocycles. The average molecular weight is 305 g/mol. The lowest BCUT2D eigenvalue weighted by molar-refractivity contribution is 0.400. The molecular formula is C16H23N3OS. The van der Waals surface area contributed by atoms with Crippen molar-refractivity contribution in [2.45, 2.75) is 40.2 Å². The fraction of sp³-hybridized carbons (Fsp3) is 0.500. The number of ether oxygens (including phenoxy) is 1. The van der Waals surface area contributed by atoms with Crippen molar-refractivity contribution in [3.63, 3.8) is 0 Å². The molecule has 1 aromatic heterocycles. The van der Waals surface area contributed by atoms with Crippen molar-refractivity contribution >= 4 is 11.5 Å². The molecule has 1 unspecified atom stereocenters. The van der Waals surface area contributed by atoms with Crippen molar-refractivity contribution in [2.75, 3.05) is 13.7 Å². The maximum Gasteiger partial charge on any atom is 0.127 e. The van der Waals surface area contributed by atoms with Crippen LogP contribution in [0.15, 0.2) is 12.1 Å². The van der Waals surface area contributed by atoms with Gasteiger partial charge in [0.25, 0.3) is 0 Å². The molecule has 0 radical (unpaired) electrons. The molecule has 1 heterocycles. The van der Waals surface area contributed by atoms with Crippen LogP contribution in [0.1, 0.15) is 46.6 Å². The number of nitrogens with one attached hydrogen (secondary N) is 1. The Kier molecular flexibility index (Phi) is 5.31. The molecule has 2 rings (SSSR count). The monoisotopic (exact) mass is 305 g/mol. The number of benzene rings is 1. The van der Waals surface area contributed by atoms with Gasteiger partial charge in [0.2, 0.25) is 0 Å². The van der Waals surface area contributed by atoms with E-state index >= 15 is 0 Å². The molecule has 21 heavy (non-hydrogen) atoms. The van der Waals surface area contributed by atoms with Gasteiger partial charge in [-0.1, -0.05) is 23.5 Å². The molecule has 0 aliphatic heterocycles. The Hall–Kier alpha value is -1.46. The molecule has 0 bridgehead atoms. The third kappa shape index (κ3) is 3.24. The smallest absolute Gasteiger partial charge is 0.127 e. The minimum absolute atomic E-state index is 0.0826. The molecule has 0 aliphatic rings. The molecule has 0 saturated heterocycles. The van der Waals surface area contributed by atoms with E-state index in [1.807, 2.05) is 6.92 Å². The van der Waals surface area contributed by atoms with Gasteiger partial charge in [-0.25, -0.2) is 0 Å². The van der Waals surface area contributed by atoms with Crippen LogP contribution in [-0.2, 0) is 0 Å². The van der Waals surface area contributed by atoms with Gasteiger partial charge in [-0.2, -0.15) is 0 Å². The maximum absolute atomic E-state index is 5.68. The summed E-state index contributed by atoms with van der Waals surface area (Å²) in [4.78, 5) is 1.16.